The summed E-state index contributed by atoms with van der Waals surface area (Å²) in [5, 5.41) is 6.25. The van der Waals surface area contributed by atoms with Crippen LogP contribution >= 0.6 is 0 Å². The molecule has 2 fully saturated rings. The Kier molecular flexibility index (Phi) is 4.09. The number of halogens is 2. The second kappa shape index (κ2) is 6.25. The predicted molar refractivity (Wildman–Crippen MR) is 81.8 cm³/mol. The van der Waals surface area contributed by atoms with Gasteiger partial charge in [-0.2, -0.15) is 0 Å². The number of nitrogens with one attached hydrogen (secondary N) is 4. The van der Waals surface area contributed by atoms with Gasteiger partial charge in [0.1, 0.15) is 5.56 Å². The van der Waals surface area contributed by atoms with Crippen molar-refractivity contribution in [3.8, 4) is 0 Å². The van der Waals surface area contributed by atoms with Gasteiger partial charge in [0.25, 0.3) is 0 Å². The summed E-state index contributed by atoms with van der Waals surface area (Å²) in [6.07, 6.45) is 1.24. The first-order valence-electron chi connectivity index (χ1n) is 8.05. The highest BCUT2D eigenvalue weighted by Gasteiger charge is 2.37. The first kappa shape index (κ1) is 15.7. The molecule has 4 rings (SSSR count). The molecule has 0 spiro atoms. The SMILES string of the molecule is O=C1OC(C2CCC(N3CCNC3)NN2)Nc2ccc(F)c(F)c21. The minimum absolute atomic E-state index is 0.165. The molecule has 0 bridgehead atoms. The number of cyclic esters (lactones) is 1. The number of benzene rings is 1. The second-order valence-corrected chi connectivity index (χ2v) is 6.21. The van der Waals surface area contributed by atoms with Crippen LogP contribution in [-0.2, 0) is 4.74 Å². The van der Waals surface area contributed by atoms with Crippen LogP contribution in [0.4, 0.5) is 14.5 Å². The Labute approximate surface area is 137 Å². The van der Waals surface area contributed by atoms with Gasteiger partial charge in [0.2, 0.25) is 0 Å². The smallest absolute Gasteiger partial charge is 0.345 e. The van der Waals surface area contributed by atoms with Gasteiger partial charge >= 0.3 is 5.97 Å². The third kappa shape index (κ3) is 2.73. The summed E-state index contributed by atoms with van der Waals surface area (Å²) < 4.78 is 32.3. The number of nitrogens with zero attached hydrogens (tertiary/aromatic N) is 1. The van der Waals surface area contributed by atoms with E-state index in [0.717, 1.165) is 38.7 Å². The topological polar surface area (TPSA) is 77.7 Å². The average molecular weight is 339 g/mol. The zero-order chi connectivity index (χ0) is 16.7. The Balaban J connectivity index is 1.43. The highest BCUT2D eigenvalue weighted by atomic mass is 19.2. The summed E-state index contributed by atoms with van der Waals surface area (Å²) in [4.78, 5) is 14.3. The molecular formula is C15H19F2N5O2. The lowest BCUT2D eigenvalue weighted by atomic mass is 10.0. The Hall–Kier alpha value is -1.81. The van der Waals surface area contributed by atoms with E-state index in [4.69, 9.17) is 4.74 Å². The van der Waals surface area contributed by atoms with Gasteiger partial charge in [-0.3, -0.25) is 4.90 Å². The molecular weight excluding hydrogens is 320 g/mol. The zero-order valence-corrected chi connectivity index (χ0v) is 12.9. The number of carbonyl (C=O) groups excluding carboxylic acids is 1. The van der Waals surface area contributed by atoms with Gasteiger partial charge in [0.15, 0.2) is 17.9 Å². The molecule has 2 saturated heterocycles. The maximum Gasteiger partial charge on any atom is 0.345 e. The molecule has 3 atom stereocenters. The Morgan fingerprint density at radius 2 is 2.08 bits per heavy atom. The van der Waals surface area contributed by atoms with E-state index >= 15 is 0 Å². The molecule has 24 heavy (non-hydrogen) atoms. The normalized spacial score (nSPS) is 30.6. The summed E-state index contributed by atoms with van der Waals surface area (Å²) in [5.41, 5.74) is 6.28. The monoisotopic (exact) mass is 339 g/mol. The molecule has 0 saturated carbocycles. The Bertz CT molecular complexity index is 645. The molecule has 7 nitrogen and oxygen atoms in total. The number of hydrazine groups is 1. The van der Waals surface area contributed by atoms with Crippen LogP contribution in [0.3, 0.4) is 0 Å². The lowest BCUT2D eigenvalue weighted by Gasteiger charge is -2.40. The molecule has 0 radical (unpaired) electrons. The van der Waals surface area contributed by atoms with Gasteiger partial charge in [-0.15, -0.1) is 0 Å². The van der Waals surface area contributed by atoms with Crippen molar-refractivity contribution < 1.29 is 18.3 Å². The van der Waals surface area contributed by atoms with Gasteiger partial charge in [0.05, 0.1) is 17.9 Å². The van der Waals surface area contributed by atoms with E-state index < -0.39 is 23.8 Å². The molecule has 0 aromatic heterocycles. The van der Waals surface area contributed by atoms with Crippen LogP contribution in [0.1, 0.15) is 23.2 Å². The lowest BCUT2D eigenvalue weighted by Crippen LogP contribution is -2.62. The summed E-state index contributed by atoms with van der Waals surface area (Å²) >= 11 is 0. The quantitative estimate of drug-likeness (QED) is 0.578. The van der Waals surface area contributed by atoms with Crippen LogP contribution in [0, 0.1) is 11.6 Å². The number of ether oxygens (including phenoxy) is 1. The molecule has 3 aliphatic rings. The minimum Gasteiger partial charge on any atom is -0.436 e. The number of carbonyl (C=O) groups is 1. The molecule has 0 amide bonds. The maximum atomic E-state index is 13.8. The van der Waals surface area contributed by atoms with Gasteiger partial charge in [-0.25, -0.2) is 24.4 Å². The van der Waals surface area contributed by atoms with E-state index in [-0.39, 0.29) is 23.5 Å². The van der Waals surface area contributed by atoms with E-state index in [1.807, 2.05) is 0 Å². The van der Waals surface area contributed by atoms with Crippen LogP contribution in [-0.4, -0.2) is 49.1 Å². The molecule has 130 valence electrons. The standard InChI is InChI=1S/C15H19F2N5O2/c16-8-1-2-9-12(13(8)17)15(23)24-14(19-9)10-3-4-11(21-20-10)22-6-5-18-7-22/h1-2,10-11,14,18-21H,3-7H2. The van der Waals surface area contributed by atoms with Crippen molar-refractivity contribution in [3.63, 3.8) is 0 Å². The van der Waals surface area contributed by atoms with Gasteiger partial charge < -0.3 is 15.4 Å². The van der Waals surface area contributed by atoms with E-state index in [2.05, 4.69) is 26.4 Å². The summed E-state index contributed by atoms with van der Waals surface area (Å²) in [6, 6.07) is 2.19. The van der Waals surface area contributed by atoms with Crippen LogP contribution in [0.15, 0.2) is 12.1 Å². The van der Waals surface area contributed by atoms with Crippen LogP contribution in [0.25, 0.3) is 0 Å². The fourth-order valence-corrected chi connectivity index (χ4v) is 3.39. The fraction of sp³-hybridized carbons (Fsp3) is 0.533. The van der Waals surface area contributed by atoms with Gasteiger partial charge in [-0.05, 0) is 25.0 Å². The number of fused-ring (bicyclic) bond motifs is 1. The largest absolute Gasteiger partial charge is 0.436 e. The third-order valence-corrected chi connectivity index (χ3v) is 4.71. The second-order valence-electron chi connectivity index (χ2n) is 6.21. The molecule has 3 aliphatic heterocycles. The molecule has 1 aromatic carbocycles. The van der Waals surface area contributed by atoms with E-state index in [0.29, 0.717) is 0 Å². The van der Waals surface area contributed by atoms with Crippen molar-refractivity contribution in [2.75, 3.05) is 25.1 Å². The average Bonchev–Trinajstić information content (AvgIpc) is 3.12. The molecule has 9 heteroatoms. The minimum atomic E-state index is -1.18. The molecule has 1 aromatic rings. The van der Waals surface area contributed by atoms with E-state index in [1.165, 1.54) is 6.07 Å². The van der Waals surface area contributed by atoms with Crippen LogP contribution in [0.5, 0.6) is 0 Å². The zero-order valence-electron chi connectivity index (χ0n) is 12.9. The summed E-state index contributed by atoms with van der Waals surface area (Å²) in [7, 11) is 0. The van der Waals surface area contributed by atoms with Crippen LogP contribution < -0.4 is 21.5 Å². The maximum absolute atomic E-state index is 13.8. The van der Waals surface area contributed by atoms with Crippen molar-refractivity contribution in [1.29, 1.82) is 0 Å². The highest BCUT2D eigenvalue weighted by molar-refractivity contribution is 5.97. The van der Waals surface area contributed by atoms with E-state index in [1.54, 1.807) is 0 Å². The first-order chi connectivity index (χ1) is 11.6. The Morgan fingerprint density at radius 1 is 1.21 bits per heavy atom. The van der Waals surface area contributed by atoms with E-state index in [9.17, 15) is 13.6 Å². The summed E-state index contributed by atoms with van der Waals surface area (Å²) in [5.74, 6) is -3.09. The highest BCUT2D eigenvalue weighted by Crippen LogP contribution is 2.29. The van der Waals surface area contributed by atoms with Crippen molar-refractivity contribution in [2.45, 2.75) is 31.3 Å². The lowest BCUT2D eigenvalue weighted by molar-refractivity contribution is 0.0113. The number of anilines is 1. The summed E-state index contributed by atoms with van der Waals surface area (Å²) in [6.45, 7) is 2.81. The predicted octanol–water partition coefficient (Wildman–Crippen LogP) is 0.319. The number of hydrogen-bond donors (Lipinski definition) is 4. The fourth-order valence-electron chi connectivity index (χ4n) is 3.39. The first-order valence-corrected chi connectivity index (χ1v) is 8.05. The Morgan fingerprint density at radius 3 is 2.79 bits per heavy atom. The van der Waals surface area contributed by atoms with Gasteiger partial charge in [0, 0.05) is 19.8 Å². The van der Waals surface area contributed by atoms with Crippen molar-refractivity contribution in [3.05, 3.63) is 29.3 Å². The third-order valence-electron chi connectivity index (χ3n) is 4.71. The number of rotatable bonds is 2. The van der Waals surface area contributed by atoms with Gasteiger partial charge in [-0.1, -0.05) is 0 Å². The van der Waals surface area contributed by atoms with Crippen molar-refractivity contribution in [2.24, 2.45) is 0 Å². The van der Waals surface area contributed by atoms with Crippen molar-refractivity contribution in [1.82, 2.24) is 21.1 Å². The molecule has 3 heterocycles. The number of esters is 1. The molecule has 3 unspecified atom stereocenters. The number of hydrogen-bond acceptors (Lipinski definition) is 7. The van der Waals surface area contributed by atoms with Crippen molar-refractivity contribution >= 4 is 11.7 Å². The molecule has 0 aliphatic carbocycles. The van der Waals surface area contributed by atoms with Crippen LogP contribution in [0.2, 0.25) is 0 Å². The molecule has 4 N–H and O–H groups in total.